The molecule has 0 spiro atoms. The van der Waals surface area contributed by atoms with Crippen molar-refractivity contribution in [2.75, 3.05) is 11.1 Å². The number of halogens is 3. The fourth-order valence-corrected chi connectivity index (χ4v) is 3.81. The van der Waals surface area contributed by atoms with Crippen molar-refractivity contribution in [2.45, 2.75) is 24.4 Å². The maximum absolute atomic E-state index is 12.7. The molecule has 0 saturated carbocycles. The number of hydrogen-bond donors (Lipinski definition) is 1. The molecule has 1 N–H and O–H groups in total. The molecule has 2 aromatic rings. The molecule has 2 aromatic carbocycles. The molecule has 0 saturated heterocycles. The minimum absolute atomic E-state index is 0.0671. The van der Waals surface area contributed by atoms with E-state index in [0.717, 1.165) is 18.2 Å². The fraction of sp³-hybridized carbons (Fsp3) is 0.235. The van der Waals surface area contributed by atoms with Crippen LogP contribution >= 0.6 is 0 Å². The van der Waals surface area contributed by atoms with Gasteiger partial charge >= 0.3 is 6.18 Å². The van der Waals surface area contributed by atoms with Gasteiger partial charge in [-0.15, -0.1) is 0 Å². The van der Waals surface area contributed by atoms with Gasteiger partial charge < -0.3 is 5.32 Å². The van der Waals surface area contributed by atoms with Gasteiger partial charge in [0, 0.05) is 5.69 Å². The molecule has 0 aliphatic heterocycles. The topological polar surface area (TPSA) is 63.2 Å². The van der Waals surface area contributed by atoms with E-state index in [4.69, 9.17) is 0 Å². The van der Waals surface area contributed by atoms with Gasteiger partial charge in [0.2, 0.25) is 0 Å². The van der Waals surface area contributed by atoms with Gasteiger partial charge in [-0.3, -0.25) is 4.79 Å². The van der Waals surface area contributed by atoms with Crippen molar-refractivity contribution in [3.63, 3.8) is 0 Å². The average Bonchev–Trinajstić information content (AvgIpc) is 2.54. The monoisotopic (exact) mass is 371 g/mol. The van der Waals surface area contributed by atoms with Crippen molar-refractivity contribution >= 4 is 21.4 Å². The second kappa shape index (κ2) is 7.26. The summed E-state index contributed by atoms with van der Waals surface area (Å²) in [5.74, 6) is -0.907. The van der Waals surface area contributed by atoms with E-state index in [1.54, 1.807) is 6.92 Å². The summed E-state index contributed by atoms with van der Waals surface area (Å²) in [5, 5.41) is 2.32. The fourth-order valence-electron chi connectivity index (χ4n) is 2.28. The lowest BCUT2D eigenvalue weighted by Crippen LogP contribution is -2.18. The van der Waals surface area contributed by atoms with E-state index < -0.39 is 27.5 Å². The lowest BCUT2D eigenvalue weighted by molar-refractivity contribution is -0.137. The van der Waals surface area contributed by atoms with Crippen LogP contribution in [0.1, 0.15) is 29.3 Å². The van der Waals surface area contributed by atoms with E-state index in [1.807, 2.05) is 0 Å². The second-order valence-corrected chi connectivity index (χ2v) is 7.43. The van der Waals surface area contributed by atoms with Gasteiger partial charge in [-0.25, -0.2) is 8.42 Å². The maximum atomic E-state index is 12.7. The first-order chi connectivity index (χ1) is 11.6. The third-order valence-electron chi connectivity index (χ3n) is 3.39. The Kier molecular flexibility index (Phi) is 5.52. The van der Waals surface area contributed by atoms with E-state index in [9.17, 15) is 26.4 Å². The first-order valence-electron chi connectivity index (χ1n) is 7.45. The summed E-state index contributed by atoms with van der Waals surface area (Å²) in [6, 6.07) is 9.76. The molecule has 0 aliphatic rings. The van der Waals surface area contributed by atoms with Gasteiger partial charge in [-0.1, -0.05) is 25.1 Å². The SMILES string of the molecule is CCCS(=O)(=O)c1ccccc1C(=O)Nc1cccc(C(F)(F)F)c1. The van der Waals surface area contributed by atoms with Gasteiger partial charge in [0.05, 0.1) is 21.8 Å². The molecule has 0 aromatic heterocycles. The lowest BCUT2D eigenvalue weighted by Gasteiger charge is -2.12. The molecular weight excluding hydrogens is 355 g/mol. The Labute approximate surface area is 143 Å². The summed E-state index contributed by atoms with van der Waals surface area (Å²) in [7, 11) is -3.65. The quantitative estimate of drug-likeness (QED) is 0.859. The predicted octanol–water partition coefficient (Wildman–Crippen LogP) is 4.14. The Morgan fingerprint density at radius 2 is 1.76 bits per heavy atom. The van der Waals surface area contributed by atoms with Crippen molar-refractivity contribution in [3.8, 4) is 0 Å². The van der Waals surface area contributed by atoms with Crippen LogP contribution in [0.4, 0.5) is 18.9 Å². The number of rotatable bonds is 5. The highest BCUT2D eigenvalue weighted by atomic mass is 32.2. The van der Waals surface area contributed by atoms with Crippen LogP contribution < -0.4 is 5.32 Å². The highest BCUT2D eigenvalue weighted by Crippen LogP contribution is 2.31. The Bertz CT molecular complexity index is 877. The van der Waals surface area contributed by atoms with E-state index in [1.165, 1.54) is 30.3 Å². The zero-order chi connectivity index (χ0) is 18.7. The molecule has 0 unspecified atom stereocenters. The van der Waals surface area contributed by atoms with Crippen LogP contribution in [0.2, 0.25) is 0 Å². The number of hydrogen-bond acceptors (Lipinski definition) is 3. The Hall–Kier alpha value is -2.35. The van der Waals surface area contributed by atoms with E-state index >= 15 is 0 Å². The molecule has 0 radical (unpaired) electrons. The largest absolute Gasteiger partial charge is 0.416 e. The summed E-state index contributed by atoms with van der Waals surface area (Å²) in [6.45, 7) is 1.70. The molecular formula is C17H16F3NO3S. The molecule has 8 heteroatoms. The second-order valence-electron chi connectivity index (χ2n) is 5.35. The zero-order valence-electron chi connectivity index (χ0n) is 13.3. The van der Waals surface area contributed by atoms with E-state index in [-0.39, 0.29) is 21.9 Å². The Morgan fingerprint density at radius 1 is 1.08 bits per heavy atom. The van der Waals surface area contributed by atoms with Crippen LogP contribution in [-0.2, 0) is 16.0 Å². The number of nitrogens with one attached hydrogen (secondary N) is 1. The standard InChI is InChI=1S/C17H16F3NO3S/c1-2-10-25(23,24)15-9-4-3-8-14(15)16(22)21-13-7-5-6-12(11-13)17(18,19)20/h3-9,11H,2,10H2,1H3,(H,21,22). The third-order valence-corrected chi connectivity index (χ3v) is 5.36. The third kappa shape index (κ3) is 4.60. The van der Waals surface area contributed by atoms with Crippen molar-refractivity contribution in [3.05, 3.63) is 59.7 Å². The van der Waals surface area contributed by atoms with Gasteiger partial charge in [0.25, 0.3) is 5.91 Å². The number of alkyl halides is 3. The van der Waals surface area contributed by atoms with Crippen LogP contribution in [0.25, 0.3) is 0 Å². The first kappa shape index (κ1) is 19.0. The van der Waals surface area contributed by atoms with Crippen LogP contribution in [0.5, 0.6) is 0 Å². The van der Waals surface area contributed by atoms with Gasteiger partial charge in [0.15, 0.2) is 9.84 Å². The zero-order valence-corrected chi connectivity index (χ0v) is 14.1. The molecule has 0 atom stereocenters. The predicted molar refractivity (Wildman–Crippen MR) is 88.2 cm³/mol. The van der Waals surface area contributed by atoms with Crippen LogP contribution in [0.3, 0.4) is 0 Å². The normalized spacial score (nSPS) is 12.0. The molecule has 0 heterocycles. The number of benzene rings is 2. The molecule has 0 bridgehead atoms. The Morgan fingerprint density at radius 3 is 2.40 bits per heavy atom. The van der Waals surface area contributed by atoms with Crippen LogP contribution in [-0.4, -0.2) is 20.1 Å². The molecule has 1 amide bonds. The molecule has 0 aliphatic carbocycles. The smallest absolute Gasteiger partial charge is 0.322 e. The number of amides is 1. The Balaban J connectivity index is 2.35. The number of anilines is 1. The number of sulfone groups is 1. The van der Waals surface area contributed by atoms with Crippen molar-refractivity contribution in [1.82, 2.24) is 0 Å². The van der Waals surface area contributed by atoms with Crippen molar-refractivity contribution in [1.29, 1.82) is 0 Å². The van der Waals surface area contributed by atoms with Crippen molar-refractivity contribution < 1.29 is 26.4 Å². The molecule has 0 fully saturated rings. The molecule has 2 rings (SSSR count). The summed E-state index contributed by atoms with van der Waals surface area (Å²) in [5.41, 5.74) is -1.08. The van der Waals surface area contributed by atoms with Crippen molar-refractivity contribution in [2.24, 2.45) is 0 Å². The van der Waals surface area contributed by atoms with Gasteiger partial charge in [-0.05, 0) is 36.8 Å². The lowest BCUT2D eigenvalue weighted by atomic mass is 10.1. The molecule has 134 valence electrons. The summed E-state index contributed by atoms with van der Waals surface area (Å²) < 4.78 is 62.8. The summed E-state index contributed by atoms with van der Waals surface area (Å²) in [4.78, 5) is 12.3. The first-order valence-corrected chi connectivity index (χ1v) is 9.11. The van der Waals surface area contributed by atoms with E-state index in [0.29, 0.717) is 6.42 Å². The molecule has 25 heavy (non-hydrogen) atoms. The number of carbonyl (C=O) groups excluding carboxylic acids is 1. The van der Waals surface area contributed by atoms with Crippen LogP contribution in [0, 0.1) is 0 Å². The average molecular weight is 371 g/mol. The highest BCUT2D eigenvalue weighted by molar-refractivity contribution is 7.91. The maximum Gasteiger partial charge on any atom is 0.416 e. The summed E-state index contributed by atoms with van der Waals surface area (Å²) >= 11 is 0. The molecule has 4 nitrogen and oxygen atoms in total. The van der Waals surface area contributed by atoms with Gasteiger partial charge in [-0.2, -0.15) is 13.2 Å². The van der Waals surface area contributed by atoms with Crippen LogP contribution in [0.15, 0.2) is 53.4 Å². The number of carbonyl (C=O) groups is 1. The minimum atomic E-state index is -4.54. The van der Waals surface area contributed by atoms with Gasteiger partial charge in [0.1, 0.15) is 0 Å². The summed E-state index contributed by atoms with van der Waals surface area (Å²) in [6.07, 6.45) is -4.16. The highest BCUT2D eigenvalue weighted by Gasteiger charge is 2.30. The minimum Gasteiger partial charge on any atom is -0.322 e. The van der Waals surface area contributed by atoms with E-state index in [2.05, 4.69) is 5.32 Å².